The molecule has 1 fully saturated rings. The molecule has 20 heavy (non-hydrogen) atoms. The van der Waals surface area contributed by atoms with Gasteiger partial charge in [0, 0.05) is 40.2 Å². The van der Waals surface area contributed by atoms with E-state index in [9.17, 15) is 8.42 Å². The Balaban J connectivity index is 2.15. The van der Waals surface area contributed by atoms with Crippen molar-refractivity contribution in [3.05, 3.63) is 29.8 Å². The number of sulfonamides is 1. The van der Waals surface area contributed by atoms with Crippen molar-refractivity contribution in [1.29, 1.82) is 0 Å². The monoisotopic (exact) mass is 299 g/mol. The van der Waals surface area contributed by atoms with Crippen LogP contribution in [-0.2, 0) is 19.5 Å². The van der Waals surface area contributed by atoms with Gasteiger partial charge in [-0.15, -0.1) is 0 Å². The number of aryl methyl sites for hydroxylation is 1. The Morgan fingerprint density at radius 2 is 1.55 bits per heavy atom. The van der Waals surface area contributed by atoms with E-state index in [1.54, 1.807) is 26.4 Å². The number of benzene rings is 1. The average molecular weight is 299 g/mol. The molecular weight excluding hydrogens is 278 g/mol. The fourth-order valence-electron chi connectivity index (χ4n) is 2.42. The van der Waals surface area contributed by atoms with Crippen LogP contribution in [0.3, 0.4) is 0 Å². The van der Waals surface area contributed by atoms with Gasteiger partial charge in [-0.25, -0.2) is 8.42 Å². The lowest BCUT2D eigenvalue weighted by Gasteiger charge is -2.38. The van der Waals surface area contributed by atoms with Crippen molar-refractivity contribution in [2.24, 2.45) is 0 Å². The molecule has 0 amide bonds. The van der Waals surface area contributed by atoms with Crippen LogP contribution in [-0.4, -0.2) is 45.8 Å². The van der Waals surface area contributed by atoms with Gasteiger partial charge in [-0.05, 0) is 19.1 Å². The second-order valence-electron chi connectivity index (χ2n) is 5.04. The first kappa shape index (κ1) is 15.4. The maximum Gasteiger partial charge on any atom is 0.243 e. The molecule has 1 saturated heterocycles. The molecule has 1 aliphatic rings. The lowest BCUT2D eigenvalue weighted by atomic mass is 10.1. The number of hydrogen-bond donors (Lipinski definition) is 0. The molecule has 1 aromatic carbocycles. The van der Waals surface area contributed by atoms with Gasteiger partial charge in [0.15, 0.2) is 5.79 Å². The summed E-state index contributed by atoms with van der Waals surface area (Å²) in [4.78, 5) is 0.338. The van der Waals surface area contributed by atoms with Crippen LogP contribution in [0.2, 0.25) is 0 Å². The summed E-state index contributed by atoms with van der Waals surface area (Å²) in [5.74, 6) is -0.653. The first-order valence-corrected chi connectivity index (χ1v) is 8.05. The van der Waals surface area contributed by atoms with Crippen LogP contribution in [0.25, 0.3) is 0 Å². The normalized spacial score (nSPS) is 19.9. The van der Waals surface area contributed by atoms with Crippen LogP contribution in [0.4, 0.5) is 0 Å². The van der Waals surface area contributed by atoms with Gasteiger partial charge in [-0.1, -0.05) is 17.7 Å². The minimum Gasteiger partial charge on any atom is -0.353 e. The van der Waals surface area contributed by atoms with Crippen molar-refractivity contribution in [3.63, 3.8) is 0 Å². The van der Waals surface area contributed by atoms with E-state index in [-0.39, 0.29) is 0 Å². The van der Waals surface area contributed by atoms with Crippen molar-refractivity contribution in [1.82, 2.24) is 4.31 Å². The summed E-state index contributed by atoms with van der Waals surface area (Å²) in [6.45, 7) is 2.73. The van der Waals surface area contributed by atoms with E-state index in [4.69, 9.17) is 9.47 Å². The number of hydrogen-bond acceptors (Lipinski definition) is 4. The van der Waals surface area contributed by atoms with Gasteiger partial charge in [0.25, 0.3) is 0 Å². The maximum atomic E-state index is 12.5. The number of nitrogens with zero attached hydrogens (tertiary/aromatic N) is 1. The molecule has 0 unspecified atom stereocenters. The molecule has 0 aromatic heterocycles. The van der Waals surface area contributed by atoms with Crippen LogP contribution >= 0.6 is 0 Å². The summed E-state index contributed by atoms with van der Waals surface area (Å²) in [5.41, 5.74) is 1.04. The van der Waals surface area contributed by atoms with E-state index in [1.165, 1.54) is 4.31 Å². The highest BCUT2D eigenvalue weighted by atomic mass is 32.2. The van der Waals surface area contributed by atoms with Gasteiger partial charge in [-0.2, -0.15) is 4.31 Å². The van der Waals surface area contributed by atoms with Crippen LogP contribution < -0.4 is 0 Å². The lowest BCUT2D eigenvalue weighted by molar-refractivity contribution is -0.224. The molecule has 0 atom stereocenters. The Bertz CT molecular complexity index is 539. The second-order valence-corrected chi connectivity index (χ2v) is 6.97. The Hall–Kier alpha value is -0.950. The van der Waals surface area contributed by atoms with E-state index in [0.29, 0.717) is 30.8 Å². The third-order valence-electron chi connectivity index (χ3n) is 3.89. The Morgan fingerprint density at radius 3 is 2.00 bits per heavy atom. The molecule has 0 spiro atoms. The molecule has 112 valence electrons. The SMILES string of the molecule is COC1(OC)CCN(S(=O)(=O)c2ccc(C)cc2)CC1. The highest BCUT2D eigenvalue weighted by molar-refractivity contribution is 7.89. The Kier molecular flexibility index (Phi) is 4.49. The van der Waals surface area contributed by atoms with Crippen LogP contribution in [0, 0.1) is 6.92 Å². The smallest absolute Gasteiger partial charge is 0.243 e. The molecule has 0 saturated carbocycles. The predicted octanol–water partition coefficient (Wildman–Crippen LogP) is 1.77. The Morgan fingerprint density at radius 1 is 1.05 bits per heavy atom. The van der Waals surface area contributed by atoms with E-state index in [1.807, 2.05) is 19.1 Å². The third kappa shape index (κ3) is 2.88. The highest BCUT2D eigenvalue weighted by Gasteiger charge is 2.38. The van der Waals surface area contributed by atoms with Crippen LogP contribution in [0.1, 0.15) is 18.4 Å². The van der Waals surface area contributed by atoms with Crippen molar-refractivity contribution in [3.8, 4) is 0 Å². The van der Waals surface area contributed by atoms with Crippen molar-refractivity contribution < 1.29 is 17.9 Å². The summed E-state index contributed by atoms with van der Waals surface area (Å²) in [6, 6.07) is 6.93. The molecule has 5 nitrogen and oxygen atoms in total. The number of rotatable bonds is 4. The second kappa shape index (κ2) is 5.81. The molecule has 1 aromatic rings. The lowest BCUT2D eigenvalue weighted by Crippen LogP contribution is -2.48. The Labute approximate surface area is 120 Å². The summed E-state index contributed by atoms with van der Waals surface area (Å²) in [5, 5.41) is 0. The van der Waals surface area contributed by atoms with Gasteiger partial charge in [0.2, 0.25) is 10.0 Å². The molecule has 0 N–H and O–H groups in total. The van der Waals surface area contributed by atoms with E-state index < -0.39 is 15.8 Å². The molecule has 0 bridgehead atoms. The topological polar surface area (TPSA) is 55.8 Å². The summed E-state index contributed by atoms with van der Waals surface area (Å²) < 4.78 is 37.3. The molecule has 6 heteroatoms. The average Bonchev–Trinajstić information content (AvgIpc) is 2.47. The zero-order chi connectivity index (χ0) is 14.8. The number of methoxy groups -OCH3 is 2. The fraction of sp³-hybridized carbons (Fsp3) is 0.571. The van der Waals surface area contributed by atoms with Gasteiger partial charge in [-0.3, -0.25) is 0 Å². The van der Waals surface area contributed by atoms with Crippen molar-refractivity contribution in [2.75, 3.05) is 27.3 Å². The molecule has 2 rings (SSSR count). The standard InChI is InChI=1S/C14H21NO4S/c1-12-4-6-13(7-5-12)20(16,17)15-10-8-14(18-2,19-3)9-11-15/h4-7H,8-11H2,1-3H3. The molecule has 0 radical (unpaired) electrons. The van der Waals surface area contributed by atoms with Gasteiger partial charge in [0.05, 0.1) is 4.90 Å². The first-order valence-electron chi connectivity index (χ1n) is 6.61. The zero-order valence-corrected chi connectivity index (χ0v) is 12.9. The largest absolute Gasteiger partial charge is 0.353 e. The molecule has 0 aliphatic carbocycles. The maximum absolute atomic E-state index is 12.5. The highest BCUT2D eigenvalue weighted by Crippen LogP contribution is 2.29. The van der Waals surface area contributed by atoms with E-state index in [2.05, 4.69) is 0 Å². The van der Waals surface area contributed by atoms with Crippen molar-refractivity contribution >= 4 is 10.0 Å². The van der Waals surface area contributed by atoms with Crippen LogP contribution in [0.15, 0.2) is 29.2 Å². The fourth-order valence-corrected chi connectivity index (χ4v) is 3.86. The van der Waals surface area contributed by atoms with E-state index in [0.717, 1.165) is 5.56 Å². The molecule has 1 heterocycles. The quantitative estimate of drug-likeness (QED) is 0.795. The number of piperidine rings is 1. The summed E-state index contributed by atoms with van der Waals surface area (Å²) in [6.07, 6.45) is 1.07. The minimum absolute atomic E-state index is 0.338. The van der Waals surface area contributed by atoms with Gasteiger partial charge >= 0.3 is 0 Å². The molecule has 1 aliphatic heterocycles. The molecular formula is C14H21NO4S. The zero-order valence-electron chi connectivity index (χ0n) is 12.1. The van der Waals surface area contributed by atoms with Gasteiger partial charge in [0.1, 0.15) is 0 Å². The predicted molar refractivity (Wildman–Crippen MR) is 75.9 cm³/mol. The minimum atomic E-state index is -3.42. The van der Waals surface area contributed by atoms with Crippen molar-refractivity contribution in [2.45, 2.75) is 30.4 Å². The summed E-state index contributed by atoms with van der Waals surface area (Å²) >= 11 is 0. The number of ether oxygens (including phenoxy) is 2. The third-order valence-corrected chi connectivity index (χ3v) is 5.80. The van der Waals surface area contributed by atoms with E-state index >= 15 is 0 Å². The first-order chi connectivity index (χ1) is 9.43. The van der Waals surface area contributed by atoms with Gasteiger partial charge < -0.3 is 9.47 Å². The van der Waals surface area contributed by atoms with Crippen LogP contribution in [0.5, 0.6) is 0 Å². The summed E-state index contributed by atoms with van der Waals surface area (Å²) in [7, 11) is -0.241.